The summed E-state index contributed by atoms with van der Waals surface area (Å²) in [5, 5.41) is 0. The number of aromatic nitrogens is 1. The van der Waals surface area contributed by atoms with Crippen LogP contribution in [-0.2, 0) is 18.4 Å². The number of aryl methyl sites for hydroxylation is 4. The van der Waals surface area contributed by atoms with Crippen LogP contribution in [0.4, 0.5) is 0 Å². The maximum atomic E-state index is 4.27. The Morgan fingerprint density at radius 1 is 1.14 bits per heavy atom. The molecule has 0 radical (unpaired) electrons. The van der Waals surface area contributed by atoms with Crippen LogP contribution in [0.1, 0.15) is 87.8 Å². The second kappa shape index (κ2) is 7.94. The lowest BCUT2D eigenvalue weighted by atomic mass is 9.73. The molecule has 1 aromatic carbocycles. The van der Waals surface area contributed by atoms with Crippen molar-refractivity contribution < 1.29 is 4.57 Å². The van der Waals surface area contributed by atoms with E-state index in [2.05, 4.69) is 90.9 Å². The minimum atomic E-state index is 0.0840. The highest BCUT2D eigenvalue weighted by Gasteiger charge is 2.37. The van der Waals surface area contributed by atoms with Crippen LogP contribution in [0.25, 0.3) is 22.9 Å². The Labute approximate surface area is 178 Å². The van der Waals surface area contributed by atoms with Crippen molar-refractivity contribution in [1.29, 1.82) is 0 Å². The lowest BCUT2D eigenvalue weighted by Crippen LogP contribution is -2.44. The van der Waals surface area contributed by atoms with Gasteiger partial charge in [-0.3, -0.25) is 0 Å². The fourth-order valence-electron chi connectivity index (χ4n) is 4.92. The van der Waals surface area contributed by atoms with E-state index in [0.29, 0.717) is 0 Å². The van der Waals surface area contributed by atoms with Crippen LogP contribution in [0, 0.1) is 13.8 Å². The number of nitrogens with zero attached hydrogens (tertiary/aromatic N) is 1. The van der Waals surface area contributed by atoms with E-state index >= 15 is 0 Å². The van der Waals surface area contributed by atoms with Crippen LogP contribution in [0.15, 0.2) is 30.5 Å². The van der Waals surface area contributed by atoms with Crippen molar-refractivity contribution in [1.82, 2.24) is 0 Å². The first kappa shape index (κ1) is 21.6. The van der Waals surface area contributed by atoms with Gasteiger partial charge in [0.15, 0.2) is 12.7 Å². The zero-order chi connectivity index (χ0) is 21.5. The van der Waals surface area contributed by atoms with E-state index in [9.17, 15) is 0 Å². The zero-order valence-corrected chi connectivity index (χ0v) is 19.8. The molecule has 0 N–H and O–H groups in total. The SMILES string of the molecule is C=Cc1c(C(C)=C(C)C)c[n+]2c(c1C(C)(C)CCC)-c1cc(C)c(C)cc1CC2. The van der Waals surface area contributed by atoms with E-state index in [4.69, 9.17) is 0 Å². The smallest absolute Gasteiger partial charge is 0.197 e. The second-order valence-electron chi connectivity index (χ2n) is 9.68. The minimum Gasteiger partial charge on any atom is -0.197 e. The maximum Gasteiger partial charge on any atom is 0.217 e. The summed E-state index contributed by atoms with van der Waals surface area (Å²) in [6.45, 7) is 23.6. The van der Waals surface area contributed by atoms with Gasteiger partial charge >= 0.3 is 0 Å². The number of hydrogen-bond acceptors (Lipinski definition) is 0. The molecule has 1 aliphatic heterocycles. The average Bonchev–Trinajstić information content (AvgIpc) is 2.66. The summed E-state index contributed by atoms with van der Waals surface area (Å²) in [6.07, 6.45) is 7.93. The van der Waals surface area contributed by atoms with E-state index in [1.807, 2.05) is 0 Å². The summed E-state index contributed by atoms with van der Waals surface area (Å²) in [5.74, 6) is 0. The van der Waals surface area contributed by atoms with Crippen LogP contribution >= 0.6 is 0 Å². The summed E-state index contributed by atoms with van der Waals surface area (Å²) < 4.78 is 2.53. The molecule has 29 heavy (non-hydrogen) atoms. The van der Waals surface area contributed by atoms with Gasteiger partial charge in [0.25, 0.3) is 0 Å². The van der Waals surface area contributed by atoms with Crippen molar-refractivity contribution in [3.05, 3.63) is 63.9 Å². The quantitative estimate of drug-likeness (QED) is 0.471. The van der Waals surface area contributed by atoms with Gasteiger partial charge in [-0.05, 0) is 80.3 Å². The molecule has 2 heterocycles. The molecule has 1 aliphatic rings. The molecule has 0 aliphatic carbocycles. The lowest BCUT2D eigenvalue weighted by molar-refractivity contribution is -0.688. The third-order valence-corrected chi connectivity index (χ3v) is 6.88. The summed E-state index contributed by atoms with van der Waals surface area (Å²) >= 11 is 0. The Hall–Kier alpha value is -2.15. The van der Waals surface area contributed by atoms with Crippen LogP contribution in [0.2, 0.25) is 0 Å². The highest BCUT2D eigenvalue weighted by molar-refractivity contribution is 5.80. The molecule has 0 atom stereocenters. The van der Waals surface area contributed by atoms with Gasteiger partial charge in [-0.2, -0.15) is 4.57 Å². The summed E-state index contributed by atoms with van der Waals surface area (Å²) in [6, 6.07) is 4.83. The van der Waals surface area contributed by atoms with E-state index in [0.717, 1.165) is 13.0 Å². The molecule has 154 valence electrons. The molecule has 0 bridgehead atoms. The van der Waals surface area contributed by atoms with Crippen molar-refractivity contribution in [2.75, 3.05) is 0 Å². The molecule has 1 aromatic heterocycles. The van der Waals surface area contributed by atoms with Crippen LogP contribution < -0.4 is 4.57 Å². The van der Waals surface area contributed by atoms with Gasteiger partial charge < -0.3 is 0 Å². The Morgan fingerprint density at radius 2 is 1.79 bits per heavy atom. The monoisotopic (exact) mass is 388 g/mol. The fourth-order valence-corrected chi connectivity index (χ4v) is 4.92. The summed E-state index contributed by atoms with van der Waals surface area (Å²) in [7, 11) is 0. The van der Waals surface area contributed by atoms with Gasteiger partial charge in [-0.1, -0.05) is 51.5 Å². The minimum absolute atomic E-state index is 0.0840. The number of hydrogen-bond donors (Lipinski definition) is 0. The molecule has 3 rings (SSSR count). The number of pyridine rings is 1. The first-order valence-electron chi connectivity index (χ1n) is 11.1. The molecule has 1 heteroatoms. The highest BCUT2D eigenvalue weighted by atomic mass is 15.0. The topological polar surface area (TPSA) is 3.88 Å². The highest BCUT2D eigenvalue weighted by Crippen LogP contribution is 2.42. The molecule has 0 amide bonds. The normalized spacial score (nSPS) is 13.0. The van der Waals surface area contributed by atoms with E-state index in [-0.39, 0.29) is 5.41 Å². The van der Waals surface area contributed by atoms with Gasteiger partial charge in [0, 0.05) is 17.5 Å². The first-order valence-corrected chi connectivity index (χ1v) is 11.1. The van der Waals surface area contributed by atoms with Crippen molar-refractivity contribution in [3.63, 3.8) is 0 Å². The van der Waals surface area contributed by atoms with E-state index < -0.39 is 0 Å². The third-order valence-electron chi connectivity index (χ3n) is 6.88. The van der Waals surface area contributed by atoms with Crippen molar-refractivity contribution in [2.24, 2.45) is 0 Å². The first-order chi connectivity index (χ1) is 13.6. The number of rotatable bonds is 5. The molecule has 0 spiro atoms. The van der Waals surface area contributed by atoms with Gasteiger partial charge in [-0.15, -0.1) is 0 Å². The van der Waals surface area contributed by atoms with Gasteiger partial charge in [0.2, 0.25) is 5.69 Å². The predicted octanol–water partition coefficient (Wildman–Crippen LogP) is 7.35. The lowest BCUT2D eigenvalue weighted by Gasteiger charge is -2.31. The number of fused-ring (bicyclic) bond motifs is 3. The standard InChI is InChI=1S/C28H38N/c1-10-13-28(8,9)26-23(11-2)25(21(7)18(3)4)17-29-14-12-22-15-19(5)20(6)16-24(22)27(26)29/h11,15-17H,2,10,12-14H2,1,3-9H3/q+1. The Balaban J connectivity index is 2.49. The molecule has 2 aromatic rings. The fraction of sp³-hybridized carbons (Fsp3) is 0.464. The van der Waals surface area contributed by atoms with Gasteiger partial charge in [0.05, 0.1) is 5.56 Å². The molecular weight excluding hydrogens is 350 g/mol. The van der Waals surface area contributed by atoms with E-state index in [1.165, 1.54) is 68.6 Å². The largest absolute Gasteiger partial charge is 0.217 e. The van der Waals surface area contributed by atoms with Crippen LogP contribution in [0.3, 0.4) is 0 Å². The Morgan fingerprint density at radius 3 is 2.38 bits per heavy atom. The number of allylic oxidation sites excluding steroid dienone is 2. The second-order valence-corrected chi connectivity index (χ2v) is 9.68. The van der Waals surface area contributed by atoms with Crippen molar-refractivity contribution in [2.45, 2.75) is 86.6 Å². The maximum absolute atomic E-state index is 4.27. The molecule has 0 unspecified atom stereocenters. The third kappa shape index (κ3) is 3.72. The number of benzene rings is 1. The summed E-state index contributed by atoms with van der Waals surface area (Å²) in [5.41, 5.74) is 14.0. The van der Waals surface area contributed by atoms with Gasteiger partial charge in [0.1, 0.15) is 0 Å². The molecular formula is C28H38N+. The molecule has 0 saturated carbocycles. The molecule has 1 nitrogen and oxygen atoms in total. The van der Waals surface area contributed by atoms with Crippen LogP contribution in [-0.4, -0.2) is 0 Å². The van der Waals surface area contributed by atoms with Crippen molar-refractivity contribution in [3.8, 4) is 11.3 Å². The summed E-state index contributed by atoms with van der Waals surface area (Å²) in [4.78, 5) is 0. The predicted molar refractivity (Wildman–Crippen MR) is 127 cm³/mol. The average molecular weight is 389 g/mol. The van der Waals surface area contributed by atoms with E-state index in [1.54, 1.807) is 0 Å². The molecule has 0 fully saturated rings. The van der Waals surface area contributed by atoms with Crippen molar-refractivity contribution >= 4 is 11.6 Å². The Bertz CT molecular complexity index is 998. The van der Waals surface area contributed by atoms with Crippen LogP contribution in [0.5, 0.6) is 0 Å². The Kier molecular flexibility index (Phi) is 5.90. The zero-order valence-electron chi connectivity index (χ0n) is 19.8. The van der Waals surface area contributed by atoms with Gasteiger partial charge in [-0.25, -0.2) is 0 Å². The molecule has 0 saturated heterocycles.